The maximum atomic E-state index is 5.49. The van der Waals surface area contributed by atoms with Crippen molar-refractivity contribution in [1.82, 2.24) is 10.3 Å². The minimum Gasteiger partial charge on any atom is -0.379 e. The first-order valence-electron chi connectivity index (χ1n) is 6.07. The molecule has 0 saturated carbocycles. The van der Waals surface area contributed by atoms with Crippen molar-refractivity contribution in [3.05, 3.63) is 42.1 Å². The van der Waals surface area contributed by atoms with Crippen molar-refractivity contribution in [2.24, 2.45) is 0 Å². The lowest BCUT2D eigenvalue weighted by molar-refractivity contribution is 0.0771. The molecule has 0 radical (unpaired) electrons. The lowest BCUT2D eigenvalue weighted by atomic mass is 10.0. The smallest absolute Gasteiger partial charge is 0.0704 e. The van der Waals surface area contributed by atoms with Crippen LogP contribution in [0.4, 0.5) is 0 Å². The molecule has 1 aromatic heterocycles. The predicted octanol–water partition coefficient (Wildman–Crippen LogP) is 2.61. The molecule has 1 saturated heterocycles. The number of morpholine rings is 1. The van der Waals surface area contributed by atoms with Gasteiger partial charge >= 0.3 is 0 Å². The third-order valence-electron chi connectivity index (χ3n) is 3.20. The minimum absolute atomic E-state index is 0. The Morgan fingerprint density at radius 3 is 2.89 bits per heavy atom. The van der Waals surface area contributed by atoms with E-state index in [1.165, 1.54) is 10.9 Å². The van der Waals surface area contributed by atoms with E-state index in [0.717, 1.165) is 31.7 Å². The number of hydrogen-bond acceptors (Lipinski definition) is 3. The van der Waals surface area contributed by atoms with Crippen LogP contribution in [0, 0.1) is 0 Å². The summed E-state index contributed by atoms with van der Waals surface area (Å²) in [6.45, 7) is 2.58. The second-order valence-corrected chi connectivity index (χ2v) is 4.42. The number of benzene rings is 1. The highest BCUT2D eigenvalue weighted by atomic mass is 35.5. The molecule has 104 valence electrons. The number of pyridine rings is 1. The standard InChI is InChI=1S/C14H16N2O.2ClH/c1-3-11(9-12-10-17-8-7-15-12)13-4-2-6-16-14(13)5-1;;/h1-6,12,15H,7-10H2;2*1H. The molecular weight excluding hydrogens is 283 g/mol. The Bertz CT molecular complexity index is 510. The SMILES string of the molecule is Cl.Cl.c1cc(CC2COCCN2)c2cccnc2c1. The van der Waals surface area contributed by atoms with E-state index in [1.54, 1.807) is 0 Å². The third kappa shape index (κ3) is 3.80. The van der Waals surface area contributed by atoms with E-state index in [2.05, 4.69) is 34.6 Å². The van der Waals surface area contributed by atoms with Gasteiger partial charge in [0.05, 0.1) is 18.7 Å². The molecular formula is C14H18Cl2N2O. The number of aromatic nitrogens is 1. The molecule has 3 rings (SSSR count). The molecule has 0 bridgehead atoms. The van der Waals surface area contributed by atoms with E-state index in [1.807, 2.05) is 12.3 Å². The van der Waals surface area contributed by atoms with Crippen LogP contribution in [0.2, 0.25) is 0 Å². The van der Waals surface area contributed by atoms with Gasteiger partial charge in [0.1, 0.15) is 0 Å². The van der Waals surface area contributed by atoms with E-state index >= 15 is 0 Å². The van der Waals surface area contributed by atoms with Gasteiger partial charge in [0, 0.05) is 24.2 Å². The number of nitrogens with one attached hydrogen (secondary N) is 1. The molecule has 0 spiro atoms. The highest BCUT2D eigenvalue weighted by Crippen LogP contribution is 2.18. The fraction of sp³-hybridized carbons (Fsp3) is 0.357. The van der Waals surface area contributed by atoms with Gasteiger partial charge in [-0.15, -0.1) is 24.8 Å². The molecule has 0 aliphatic carbocycles. The minimum atomic E-state index is 0. The first-order valence-corrected chi connectivity index (χ1v) is 6.07. The lowest BCUT2D eigenvalue weighted by Crippen LogP contribution is -2.42. The average Bonchev–Trinajstić information content (AvgIpc) is 2.40. The zero-order valence-electron chi connectivity index (χ0n) is 10.5. The van der Waals surface area contributed by atoms with Crippen LogP contribution in [0.3, 0.4) is 0 Å². The lowest BCUT2D eigenvalue weighted by Gasteiger charge is -2.24. The zero-order chi connectivity index (χ0) is 11.5. The van der Waals surface area contributed by atoms with Gasteiger partial charge in [-0.2, -0.15) is 0 Å². The fourth-order valence-electron chi connectivity index (χ4n) is 2.36. The summed E-state index contributed by atoms with van der Waals surface area (Å²) in [7, 11) is 0. The van der Waals surface area contributed by atoms with Gasteiger partial charge in [0.2, 0.25) is 0 Å². The molecule has 2 heterocycles. The van der Waals surface area contributed by atoms with Crippen LogP contribution in [0.25, 0.3) is 10.9 Å². The van der Waals surface area contributed by atoms with Crippen LogP contribution in [0.15, 0.2) is 36.5 Å². The summed E-state index contributed by atoms with van der Waals surface area (Å²) in [6, 6.07) is 10.9. The molecule has 2 aromatic rings. The Labute approximate surface area is 125 Å². The van der Waals surface area contributed by atoms with Crippen molar-refractivity contribution in [3.8, 4) is 0 Å². The van der Waals surface area contributed by atoms with Crippen molar-refractivity contribution in [2.45, 2.75) is 12.5 Å². The number of fused-ring (bicyclic) bond motifs is 1. The van der Waals surface area contributed by atoms with Gasteiger partial charge in [-0.3, -0.25) is 4.98 Å². The molecule has 1 aromatic carbocycles. The molecule has 1 aliphatic heterocycles. The Balaban J connectivity index is 0.000000902. The number of nitrogens with zero attached hydrogens (tertiary/aromatic N) is 1. The molecule has 3 nitrogen and oxygen atoms in total. The van der Waals surface area contributed by atoms with Crippen LogP contribution in [-0.2, 0) is 11.2 Å². The first-order chi connectivity index (χ1) is 8.43. The highest BCUT2D eigenvalue weighted by molar-refractivity contribution is 5.85. The number of ether oxygens (including phenoxy) is 1. The van der Waals surface area contributed by atoms with Gasteiger partial charge in [0.15, 0.2) is 0 Å². The molecule has 0 amide bonds. The zero-order valence-corrected chi connectivity index (χ0v) is 12.2. The van der Waals surface area contributed by atoms with E-state index in [0.29, 0.717) is 6.04 Å². The van der Waals surface area contributed by atoms with Gasteiger partial charge in [-0.1, -0.05) is 18.2 Å². The van der Waals surface area contributed by atoms with Crippen molar-refractivity contribution >= 4 is 35.7 Å². The molecule has 1 atom stereocenters. The van der Waals surface area contributed by atoms with Crippen LogP contribution in [-0.4, -0.2) is 30.8 Å². The van der Waals surface area contributed by atoms with E-state index < -0.39 is 0 Å². The maximum Gasteiger partial charge on any atom is 0.0704 e. The first kappa shape index (κ1) is 16.2. The van der Waals surface area contributed by atoms with Crippen molar-refractivity contribution in [3.63, 3.8) is 0 Å². The van der Waals surface area contributed by atoms with E-state index in [9.17, 15) is 0 Å². The summed E-state index contributed by atoms with van der Waals surface area (Å²) in [5.41, 5.74) is 2.42. The second kappa shape index (κ2) is 7.65. The predicted molar refractivity (Wildman–Crippen MR) is 82.6 cm³/mol. The summed E-state index contributed by atoms with van der Waals surface area (Å²) >= 11 is 0. The Morgan fingerprint density at radius 1 is 1.21 bits per heavy atom. The monoisotopic (exact) mass is 300 g/mol. The van der Waals surface area contributed by atoms with E-state index in [4.69, 9.17) is 4.74 Å². The summed E-state index contributed by atoms with van der Waals surface area (Å²) in [5, 5.41) is 4.74. The quantitative estimate of drug-likeness (QED) is 0.926. The van der Waals surface area contributed by atoms with Crippen molar-refractivity contribution < 1.29 is 4.74 Å². The third-order valence-corrected chi connectivity index (χ3v) is 3.20. The molecule has 5 heteroatoms. The maximum absolute atomic E-state index is 5.49. The van der Waals surface area contributed by atoms with Crippen LogP contribution < -0.4 is 5.32 Å². The Hall–Kier alpha value is -0.870. The number of halogens is 2. The van der Waals surface area contributed by atoms with Crippen LogP contribution in [0.1, 0.15) is 5.56 Å². The van der Waals surface area contributed by atoms with Crippen molar-refractivity contribution in [1.29, 1.82) is 0 Å². The summed E-state index contributed by atoms with van der Waals surface area (Å²) in [5.74, 6) is 0. The van der Waals surface area contributed by atoms with E-state index in [-0.39, 0.29) is 24.8 Å². The largest absolute Gasteiger partial charge is 0.379 e. The molecule has 19 heavy (non-hydrogen) atoms. The average molecular weight is 301 g/mol. The second-order valence-electron chi connectivity index (χ2n) is 4.42. The van der Waals surface area contributed by atoms with Crippen LogP contribution >= 0.6 is 24.8 Å². The van der Waals surface area contributed by atoms with Gasteiger partial charge < -0.3 is 10.1 Å². The normalized spacial score (nSPS) is 18.4. The van der Waals surface area contributed by atoms with Crippen molar-refractivity contribution in [2.75, 3.05) is 19.8 Å². The van der Waals surface area contributed by atoms with Gasteiger partial charge in [0.25, 0.3) is 0 Å². The molecule has 1 N–H and O–H groups in total. The Morgan fingerprint density at radius 2 is 2.11 bits per heavy atom. The van der Waals surface area contributed by atoms with Gasteiger partial charge in [-0.05, 0) is 24.1 Å². The molecule has 1 unspecified atom stereocenters. The summed E-state index contributed by atoms with van der Waals surface area (Å²) in [4.78, 5) is 4.38. The topological polar surface area (TPSA) is 34.1 Å². The van der Waals surface area contributed by atoms with Crippen LogP contribution in [0.5, 0.6) is 0 Å². The number of hydrogen-bond donors (Lipinski definition) is 1. The molecule has 1 aliphatic rings. The Kier molecular flexibility index (Phi) is 6.52. The fourth-order valence-corrected chi connectivity index (χ4v) is 2.36. The highest BCUT2D eigenvalue weighted by Gasteiger charge is 2.14. The number of rotatable bonds is 2. The van der Waals surface area contributed by atoms with Gasteiger partial charge in [-0.25, -0.2) is 0 Å². The summed E-state index contributed by atoms with van der Waals surface area (Å²) < 4.78 is 5.49. The summed E-state index contributed by atoms with van der Waals surface area (Å²) in [6.07, 6.45) is 2.84. The molecule has 1 fully saturated rings.